The smallest absolute Gasteiger partial charge is 0.224 e. The Morgan fingerprint density at radius 3 is 2.73 bits per heavy atom. The summed E-state index contributed by atoms with van der Waals surface area (Å²) in [6.45, 7) is 2.16. The van der Waals surface area contributed by atoms with E-state index in [4.69, 9.17) is 0 Å². The molecular weight excluding hydrogens is 278 g/mol. The van der Waals surface area contributed by atoms with Crippen molar-refractivity contribution < 1.29 is 4.79 Å². The fraction of sp³-hybridized carbons (Fsp3) is 0.438. The molecule has 1 aromatic heterocycles. The van der Waals surface area contributed by atoms with Crippen molar-refractivity contribution in [1.82, 2.24) is 20.3 Å². The lowest BCUT2D eigenvalue weighted by Crippen LogP contribution is -2.28. The number of rotatable bonds is 5. The number of carbonyl (C=O) groups is 1. The molecule has 0 unspecified atom stereocenters. The van der Waals surface area contributed by atoms with Gasteiger partial charge in [0.25, 0.3) is 0 Å². The van der Waals surface area contributed by atoms with Gasteiger partial charge in [0.1, 0.15) is 0 Å². The van der Waals surface area contributed by atoms with Gasteiger partial charge in [-0.25, -0.2) is 4.68 Å². The molecule has 116 valence electrons. The van der Waals surface area contributed by atoms with Gasteiger partial charge in [0.2, 0.25) is 5.91 Å². The van der Waals surface area contributed by atoms with Crippen LogP contribution in [0.3, 0.4) is 0 Å². The van der Waals surface area contributed by atoms with Crippen LogP contribution in [0.1, 0.15) is 25.7 Å². The first kappa shape index (κ1) is 14.7. The van der Waals surface area contributed by atoms with Gasteiger partial charge in [-0.2, -0.15) is 0 Å². The van der Waals surface area contributed by atoms with E-state index in [0.29, 0.717) is 12.3 Å². The molecular formula is C16H21N5O. The largest absolute Gasteiger partial charge is 0.326 e. The number of aromatic nitrogens is 3. The summed E-state index contributed by atoms with van der Waals surface area (Å²) >= 11 is 0. The highest BCUT2D eigenvalue weighted by Gasteiger charge is 2.14. The molecule has 1 aromatic carbocycles. The Balaban J connectivity index is 1.48. The van der Waals surface area contributed by atoms with E-state index in [0.717, 1.165) is 30.9 Å². The number of piperidine rings is 1. The fourth-order valence-electron chi connectivity index (χ4n) is 2.77. The Hall–Kier alpha value is -2.21. The quantitative estimate of drug-likeness (QED) is 0.885. The molecule has 0 atom stereocenters. The molecule has 1 fully saturated rings. The van der Waals surface area contributed by atoms with Crippen LogP contribution in [-0.2, 0) is 4.79 Å². The van der Waals surface area contributed by atoms with Gasteiger partial charge >= 0.3 is 0 Å². The predicted octanol–water partition coefficient (Wildman–Crippen LogP) is 1.99. The summed E-state index contributed by atoms with van der Waals surface area (Å²) in [7, 11) is 0. The molecule has 2 N–H and O–H groups in total. The van der Waals surface area contributed by atoms with Crippen LogP contribution in [0, 0.1) is 5.92 Å². The van der Waals surface area contributed by atoms with Gasteiger partial charge in [-0.15, -0.1) is 5.10 Å². The zero-order valence-electron chi connectivity index (χ0n) is 12.5. The van der Waals surface area contributed by atoms with E-state index in [1.54, 1.807) is 17.1 Å². The molecule has 0 saturated carbocycles. The monoisotopic (exact) mass is 299 g/mol. The summed E-state index contributed by atoms with van der Waals surface area (Å²) in [6, 6.07) is 7.60. The highest BCUT2D eigenvalue weighted by atomic mass is 16.1. The van der Waals surface area contributed by atoms with Gasteiger partial charge in [-0.1, -0.05) is 5.21 Å². The van der Waals surface area contributed by atoms with Gasteiger partial charge in [-0.3, -0.25) is 4.79 Å². The molecule has 1 amide bonds. The summed E-state index contributed by atoms with van der Waals surface area (Å²) in [4.78, 5) is 12.0. The van der Waals surface area contributed by atoms with Crippen molar-refractivity contribution in [2.24, 2.45) is 5.92 Å². The van der Waals surface area contributed by atoms with Crippen molar-refractivity contribution in [3.63, 3.8) is 0 Å². The molecule has 1 aliphatic heterocycles. The first-order valence-electron chi connectivity index (χ1n) is 7.78. The molecule has 1 saturated heterocycles. The average Bonchev–Trinajstić information content (AvgIpc) is 3.09. The lowest BCUT2D eigenvalue weighted by molar-refractivity contribution is -0.116. The van der Waals surface area contributed by atoms with Crippen LogP contribution < -0.4 is 10.6 Å². The minimum Gasteiger partial charge on any atom is -0.326 e. The molecule has 0 radical (unpaired) electrons. The minimum absolute atomic E-state index is 0.0899. The normalized spacial score (nSPS) is 15.6. The van der Waals surface area contributed by atoms with Gasteiger partial charge in [-0.05, 0) is 62.5 Å². The van der Waals surface area contributed by atoms with Crippen molar-refractivity contribution in [1.29, 1.82) is 0 Å². The van der Waals surface area contributed by atoms with Crippen molar-refractivity contribution in [2.45, 2.75) is 25.7 Å². The summed E-state index contributed by atoms with van der Waals surface area (Å²) in [6.07, 6.45) is 7.35. The molecule has 0 bridgehead atoms. The Morgan fingerprint density at radius 1 is 1.27 bits per heavy atom. The third-order valence-corrected chi connectivity index (χ3v) is 4.08. The van der Waals surface area contributed by atoms with Crippen LogP contribution in [0.25, 0.3) is 5.69 Å². The number of benzene rings is 1. The number of hydrogen-bond donors (Lipinski definition) is 2. The van der Waals surface area contributed by atoms with Crippen LogP contribution in [0.5, 0.6) is 0 Å². The van der Waals surface area contributed by atoms with Crippen molar-refractivity contribution in [3.8, 4) is 5.69 Å². The molecule has 1 aliphatic rings. The van der Waals surface area contributed by atoms with E-state index in [1.807, 2.05) is 24.3 Å². The second-order valence-corrected chi connectivity index (χ2v) is 5.67. The lowest BCUT2D eigenvalue weighted by Gasteiger charge is -2.22. The molecule has 22 heavy (non-hydrogen) atoms. The fourth-order valence-corrected chi connectivity index (χ4v) is 2.77. The SMILES string of the molecule is O=C(CCC1CCNCC1)Nc1ccc(-n2ccnn2)cc1. The van der Waals surface area contributed by atoms with E-state index in [9.17, 15) is 4.79 Å². The maximum atomic E-state index is 12.0. The summed E-state index contributed by atoms with van der Waals surface area (Å²) in [5, 5.41) is 14.0. The zero-order chi connectivity index (χ0) is 15.2. The third kappa shape index (κ3) is 3.92. The van der Waals surface area contributed by atoms with Gasteiger partial charge in [0, 0.05) is 12.1 Å². The standard InChI is InChI=1S/C16H21N5O/c22-16(6-1-13-7-9-17-10-8-13)19-14-2-4-15(5-3-14)21-12-11-18-20-21/h2-5,11-13,17H,1,6-10H2,(H,19,22). The van der Waals surface area contributed by atoms with Crippen molar-refractivity contribution in [3.05, 3.63) is 36.7 Å². The van der Waals surface area contributed by atoms with Crippen LogP contribution in [0.2, 0.25) is 0 Å². The van der Waals surface area contributed by atoms with Gasteiger partial charge < -0.3 is 10.6 Å². The highest BCUT2D eigenvalue weighted by Crippen LogP contribution is 2.18. The zero-order valence-corrected chi connectivity index (χ0v) is 12.5. The Labute approximate surface area is 129 Å². The van der Waals surface area contributed by atoms with E-state index in [-0.39, 0.29) is 5.91 Å². The van der Waals surface area contributed by atoms with E-state index >= 15 is 0 Å². The molecule has 3 rings (SSSR count). The average molecular weight is 299 g/mol. The maximum absolute atomic E-state index is 12.0. The van der Waals surface area contributed by atoms with Crippen LogP contribution in [-0.4, -0.2) is 34.0 Å². The number of carbonyl (C=O) groups excluding carboxylic acids is 1. The maximum Gasteiger partial charge on any atom is 0.224 e. The molecule has 0 spiro atoms. The molecule has 2 aromatic rings. The minimum atomic E-state index is 0.0899. The number of anilines is 1. The second-order valence-electron chi connectivity index (χ2n) is 5.67. The van der Waals surface area contributed by atoms with Crippen LogP contribution in [0.15, 0.2) is 36.7 Å². The highest BCUT2D eigenvalue weighted by molar-refractivity contribution is 5.90. The molecule has 6 nitrogen and oxygen atoms in total. The van der Waals surface area contributed by atoms with Crippen LogP contribution >= 0.6 is 0 Å². The van der Waals surface area contributed by atoms with Gasteiger partial charge in [0.15, 0.2) is 0 Å². The number of nitrogens with zero attached hydrogens (tertiary/aromatic N) is 3. The topological polar surface area (TPSA) is 71.8 Å². The third-order valence-electron chi connectivity index (χ3n) is 4.08. The number of nitrogens with one attached hydrogen (secondary N) is 2. The second kappa shape index (κ2) is 7.17. The van der Waals surface area contributed by atoms with E-state index in [2.05, 4.69) is 20.9 Å². The Kier molecular flexibility index (Phi) is 4.80. The Morgan fingerprint density at radius 2 is 2.05 bits per heavy atom. The predicted molar refractivity (Wildman–Crippen MR) is 84.8 cm³/mol. The van der Waals surface area contributed by atoms with E-state index in [1.165, 1.54) is 12.8 Å². The number of hydrogen-bond acceptors (Lipinski definition) is 4. The first-order chi connectivity index (χ1) is 10.8. The number of amides is 1. The summed E-state index contributed by atoms with van der Waals surface area (Å²) < 4.78 is 1.68. The van der Waals surface area contributed by atoms with E-state index < -0.39 is 0 Å². The van der Waals surface area contributed by atoms with Crippen molar-refractivity contribution >= 4 is 11.6 Å². The molecule has 2 heterocycles. The molecule has 6 heteroatoms. The summed E-state index contributed by atoms with van der Waals surface area (Å²) in [5.74, 6) is 0.772. The Bertz CT molecular complexity index is 588. The first-order valence-corrected chi connectivity index (χ1v) is 7.78. The van der Waals surface area contributed by atoms with Crippen molar-refractivity contribution in [2.75, 3.05) is 18.4 Å². The molecule has 0 aliphatic carbocycles. The summed E-state index contributed by atoms with van der Waals surface area (Å²) in [5.41, 5.74) is 1.74. The van der Waals surface area contributed by atoms with Gasteiger partial charge in [0.05, 0.1) is 18.1 Å². The lowest BCUT2D eigenvalue weighted by atomic mass is 9.93. The van der Waals surface area contributed by atoms with Crippen LogP contribution in [0.4, 0.5) is 5.69 Å².